The van der Waals surface area contributed by atoms with Crippen molar-refractivity contribution in [2.24, 2.45) is 0 Å². The molecule has 1 aliphatic heterocycles. The third kappa shape index (κ3) is 4.11. The second-order valence-corrected chi connectivity index (χ2v) is 7.54. The van der Waals surface area contributed by atoms with Gasteiger partial charge in [-0.15, -0.1) is 11.3 Å². The maximum absolute atomic E-state index is 13.3. The Kier molecular flexibility index (Phi) is 5.40. The molecule has 1 unspecified atom stereocenters. The number of rotatable bonds is 4. The molecule has 160 valence electrons. The quantitative estimate of drug-likeness (QED) is 0.636. The summed E-state index contributed by atoms with van der Waals surface area (Å²) >= 11 is 1.41. The Morgan fingerprint density at radius 3 is 2.74 bits per heavy atom. The number of para-hydroxylation sites is 1. The molecule has 0 fully saturated rings. The van der Waals surface area contributed by atoms with E-state index >= 15 is 0 Å². The highest BCUT2D eigenvalue weighted by Crippen LogP contribution is 2.38. The molecular weight excluding hydrogens is 431 g/mol. The van der Waals surface area contributed by atoms with Gasteiger partial charge in [0.25, 0.3) is 5.91 Å². The van der Waals surface area contributed by atoms with E-state index in [1.54, 1.807) is 23.7 Å². The average Bonchev–Trinajstić information content (AvgIpc) is 3.27. The lowest BCUT2D eigenvalue weighted by atomic mass is 10.1. The molecule has 31 heavy (non-hydrogen) atoms. The van der Waals surface area contributed by atoms with Gasteiger partial charge in [0.15, 0.2) is 6.61 Å². The highest BCUT2D eigenvalue weighted by atomic mass is 32.1. The van der Waals surface area contributed by atoms with Crippen LogP contribution >= 0.6 is 11.3 Å². The topological polar surface area (TPSA) is 71.5 Å². The van der Waals surface area contributed by atoms with Crippen LogP contribution in [0.2, 0.25) is 0 Å². The summed E-state index contributed by atoms with van der Waals surface area (Å²) in [4.78, 5) is 30.9. The number of nitrogens with zero attached hydrogens (tertiary/aromatic N) is 2. The molecule has 0 saturated carbocycles. The lowest BCUT2D eigenvalue weighted by molar-refractivity contribution is -0.137. The molecule has 0 saturated heterocycles. The zero-order valence-corrected chi connectivity index (χ0v) is 17.0. The van der Waals surface area contributed by atoms with Crippen molar-refractivity contribution in [3.8, 4) is 17.0 Å². The molecule has 6 nitrogen and oxygen atoms in total. The van der Waals surface area contributed by atoms with Crippen LogP contribution in [0, 0.1) is 0 Å². The van der Waals surface area contributed by atoms with Gasteiger partial charge >= 0.3 is 6.18 Å². The van der Waals surface area contributed by atoms with E-state index in [0.29, 0.717) is 17.1 Å². The number of amides is 2. The number of benzene rings is 2. The minimum Gasteiger partial charge on any atom is -0.482 e. The molecule has 10 heteroatoms. The van der Waals surface area contributed by atoms with Gasteiger partial charge in [0.1, 0.15) is 11.8 Å². The molecule has 4 rings (SSSR count). The highest BCUT2D eigenvalue weighted by molar-refractivity contribution is 7.07. The fourth-order valence-corrected chi connectivity index (χ4v) is 3.86. The smallest absolute Gasteiger partial charge is 0.418 e. The van der Waals surface area contributed by atoms with Crippen molar-refractivity contribution in [2.75, 3.05) is 16.8 Å². The molecule has 1 atom stereocenters. The fourth-order valence-electron chi connectivity index (χ4n) is 3.30. The van der Waals surface area contributed by atoms with Crippen LogP contribution in [0.4, 0.5) is 24.5 Å². The fraction of sp³-hybridized carbons (Fsp3) is 0.190. The normalized spacial score (nSPS) is 14.6. The number of aromatic nitrogens is 1. The number of alkyl halides is 3. The monoisotopic (exact) mass is 447 g/mol. The number of ether oxygens (including phenoxy) is 1. The third-order valence-corrected chi connectivity index (χ3v) is 5.41. The van der Waals surface area contributed by atoms with Crippen LogP contribution in [0.3, 0.4) is 0 Å². The second kappa shape index (κ2) is 8.03. The van der Waals surface area contributed by atoms with Gasteiger partial charge in [-0.1, -0.05) is 12.1 Å². The Bertz CT molecular complexity index is 1130. The summed E-state index contributed by atoms with van der Waals surface area (Å²) in [6.45, 7) is 1.17. The second-order valence-electron chi connectivity index (χ2n) is 6.82. The summed E-state index contributed by atoms with van der Waals surface area (Å²) in [6, 6.07) is 8.74. The molecule has 2 aromatic carbocycles. The predicted molar refractivity (Wildman–Crippen MR) is 110 cm³/mol. The van der Waals surface area contributed by atoms with E-state index in [1.807, 2.05) is 5.38 Å². The number of hydrogen-bond acceptors (Lipinski definition) is 5. The van der Waals surface area contributed by atoms with Crippen LogP contribution in [-0.4, -0.2) is 29.4 Å². The predicted octanol–water partition coefficient (Wildman–Crippen LogP) is 4.58. The van der Waals surface area contributed by atoms with Gasteiger partial charge in [-0.25, -0.2) is 4.98 Å². The van der Waals surface area contributed by atoms with Crippen LogP contribution in [0.15, 0.2) is 53.4 Å². The zero-order valence-electron chi connectivity index (χ0n) is 16.1. The first-order chi connectivity index (χ1) is 14.8. The number of nitrogens with one attached hydrogen (secondary N) is 1. The lowest BCUT2D eigenvalue weighted by Crippen LogP contribution is -2.49. The van der Waals surface area contributed by atoms with E-state index in [-0.39, 0.29) is 12.3 Å². The van der Waals surface area contributed by atoms with Gasteiger partial charge in [-0.2, -0.15) is 13.2 Å². The van der Waals surface area contributed by atoms with Gasteiger partial charge in [-0.3, -0.25) is 14.5 Å². The Morgan fingerprint density at radius 2 is 2.03 bits per heavy atom. The number of halogens is 3. The van der Waals surface area contributed by atoms with Gasteiger partial charge < -0.3 is 10.1 Å². The molecule has 1 aromatic heterocycles. The molecule has 0 bridgehead atoms. The maximum atomic E-state index is 13.3. The van der Waals surface area contributed by atoms with Crippen molar-refractivity contribution in [1.82, 2.24) is 4.98 Å². The van der Waals surface area contributed by atoms with E-state index in [2.05, 4.69) is 10.3 Å². The van der Waals surface area contributed by atoms with Crippen molar-refractivity contribution in [3.63, 3.8) is 0 Å². The molecule has 1 aliphatic rings. The van der Waals surface area contributed by atoms with Gasteiger partial charge in [-0.05, 0) is 37.3 Å². The molecule has 3 aromatic rings. The first kappa shape index (κ1) is 20.9. The Morgan fingerprint density at radius 1 is 1.26 bits per heavy atom. The summed E-state index contributed by atoms with van der Waals surface area (Å²) in [5.74, 6) is -0.833. The number of hydrogen-bond donors (Lipinski definition) is 1. The molecule has 1 N–H and O–H groups in total. The third-order valence-electron chi connectivity index (χ3n) is 4.82. The van der Waals surface area contributed by atoms with Crippen LogP contribution in [0.25, 0.3) is 11.3 Å². The van der Waals surface area contributed by atoms with E-state index in [1.165, 1.54) is 41.4 Å². The van der Waals surface area contributed by atoms with Gasteiger partial charge in [0.05, 0.1) is 28.1 Å². The SMILES string of the molecule is CC(C(=O)Nc1ccccc1C(F)(F)F)N1C(=O)COc2ccc(-c3cscn3)cc21. The number of thiazole rings is 1. The largest absolute Gasteiger partial charge is 0.482 e. The van der Waals surface area contributed by atoms with Gasteiger partial charge in [0.2, 0.25) is 5.91 Å². The zero-order chi connectivity index (χ0) is 22.2. The van der Waals surface area contributed by atoms with E-state index in [0.717, 1.165) is 11.6 Å². The molecule has 0 spiro atoms. The standard InChI is InChI=1S/C21H16F3N3O3S/c1-12(20(29)26-15-5-3-2-4-14(15)21(22,23)24)27-17-8-13(16-10-31-11-25-16)6-7-18(17)30-9-19(27)28/h2-8,10-12H,9H2,1H3,(H,26,29). The van der Waals surface area contributed by atoms with Gasteiger partial charge in [0, 0.05) is 10.9 Å². The number of anilines is 2. The average molecular weight is 447 g/mol. The van der Waals surface area contributed by atoms with E-state index in [9.17, 15) is 22.8 Å². The molecule has 0 radical (unpaired) electrons. The number of carbonyl (C=O) groups is 2. The maximum Gasteiger partial charge on any atom is 0.418 e. The molecule has 2 amide bonds. The number of fused-ring (bicyclic) bond motifs is 1. The Labute approximate surface area is 179 Å². The van der Waals surface area contributed by atoms with Crippen LogP contribution in [0.1, 0.15) is 12.5 Å². The minimum atomic E-state index is -4.63. The highest BCUT2D eigenvalue weighted by Gasteiger charge is 2.36. The Balaban J connectivity index is 1.65. The lowest BCUT2D eigenvalue weighted by Gasteiger charge is -2.33. The van der Waals surface area contributed by atoms with Crippen LogP contribution < -0.4 is 15.0 Å². The van der Waals surface area contributed by atoms with Crippen molar-refractivity contribution in [3.05, 3.63) is 58.9 Å². The number of carbonyl (C=O) groups excluding carboxylic acids is 2. The first-order valence-corrected chi connectivity index (χ1v) is 10.1. The van der Waals surface area contributed by atoms with E-state index < -0.39 is 29.6 Å². The molecule has 2 heterocycles. The summed E-state index contributed by atoms with van der Waals surface area (Å²) in [5.41, 5.74) is 2.11. The van der Waals surface area contributed by atoms with Crippen molar-refractivity contribution < 1.29 is 27.5 Å². The summed E-state index contributed by atoms with van der Waals surface area (Å²) in [7, 11) is 0. The minimum absolute atomic E-state index is 0.278. The summed E-state index contributed by atoms with van der Waals surface area (Å²) in [6.07, 6.45) is -4.63. The first-order valence-electron chi connectivity index (χ1n) is 9.20. The summed E-state index contributed by atoms with van der Waals surface area (Å²) in [5, 5.41) is 4.14. The van der Waals surface area contributed by atoms with E-state index in [4.69, 9.17) is 4.74 Å². The van der Waals surface area contributed by atoms with Crippen molar-refractivity contribution >= 4 is 34.5 Å². The molecule has 0 aliphatic carbocycles. The van der Waals surface area contributed by atoms with Crippen molar-refractivity contribution in [1.29, 1.82) is 0 Å². The van der Waals surface area contributed by atoms with Crippen LogP contribution in [-0.2, 0) is 15.8 Å². The van der Waals surface area contributed by atoms with Crippen LogP contribution in [0.5, 0.6) is 5.75 Å². The molecular formula is C21H16F3N3O3S. The van der Waals surface area contributed by atoms with Crippen molar-refractivity contribution in [2.45, 2.75) is 19.1 Å². The summed E-state index contributed by atoms with van der Waals surface area (Å²) < 4.78 is 45.2. The Hall–Kier alpha value is -3.40.